The monoisotopic (exact) mass is 179 g/mol. The van der Waals surface area contributed by atoms with Crippen molar-refractivity contribution in [3.8, 4) is 6.19 Å². The van der Waals surface area contributed by atoms with Crippen molar-refractivity contribution in [2.24, 2.45) is 0 Å². The van der Waals surface area contributed by atoms with E-state index in [1.807, 2.05) is 0 Å². The maximum atomic E-state index is 12.9. The lowest BCUT2D eigenvalue weighted by molar-refractivity contribution is 0.0853. The molecule has 0 saturated heterocycles. The molecule has 1 aromatic heterocycles. The largest absolute Gasteiger partial charge is 0.271 e. The van der Waals surface area contributed by atoms with Crippen molar-refractivity contribution >= 4 is 5.91 Å². The van der Waals surface area contributed by atoms with Gasteiger partial charge in [0.15, 0.2) is 6.19 Å². The Morgan fingerprint density at radius 1 is 1.77 bits per heavy atom. The third-order valence-corrected chi connectivity index (χ3v) is 1.44. The van der Waals surface area contributed by atoms with Gasteiger partial charge in [-0.2, -0.15) is 9.65 Å². The number of amides is 1. The molecule has 66 valence electrons. The van der Waals surface area contributed by atoms with Crippen molar-refractivity contribution in [1.82, 2.24) is 9.88 Å². The lowest BCUT2D eigenvalue weighted by atomic mass is 10.2. The van der Waals surface area contributed by atoms with Crippen LogP contribution >= 0.6 is 0 Å². The maximum absolute atomic E-state index is 12.9. The first kappa shape index (κ1) is 9.13. The lowest BCUT2D eigenvalue weighted by Crippen LogP contribution is -2.22. The summed E-state index contributed by atoms with van der Waals surface area (Å²) in [6.07, 6.45) is 2.81. The minimum Gasteiger partial charge on any atom is -0.268 e. The van der Waals surface area contributed by atoms with Crippen molar-refractivity contribution in [2.75, 3.05) is 7.05 Å². The molecule has 1 rings (SSSR count). The van der Waals surface area contributed by atoms with E-state index in [2.05, 4.69) is 4.98 Å². The molecular formula is C8H6FN3O. The number of nitriles is 1. The van der Waals surface area contributed by atoms with E-state index in [1.54, 1.807) is 6.19 Å². The number of carbonyl (C=O) groups excluding carboxylic acids is 1. The molecular weight excluding hydrogens is 173 g/mol. The molecule has 5 heteroatoms. The van der Waals surface area contributed by atoms with E-state index in [9.17, 15) is 9.18 Å². The predicted molar refractivity (Wildman–Crippen MR) is 41.9 cm³/mol. The Kier molecular flexibility index (Phi) is 2.55. The molecule has 0 unspecified atom stereocenters. The predicted octanol–water partition coefficient (Wildman–Crippen LogP) is 0.774. The smallest absolute Gasteiger partial charge is 0.268 e. The zero-order chi connectivity index (χ0) is 9.84. The van der Waals surface area contributed by atoms with E-state index in [4.69, 9.17) is 5.26 Å². The standard InChI is InChI=1S/C8H6FN3O/c1-12(5-10)8(13)6-3-2-4-11-7(6)9/h2-4H,1H3. The van der Waals surface area contributed by atoms with Crippen molar-refractivity contribution in [3.05, 3.63) is 29.8 Å². The van der Waals surface area contributed by atoms with Gasteiger partial charge in [-0.1, -0.05) is 0 Å². The Morgan fingerprint density at radius 3 is 3.00 bits per heavy atom. The summed E-state index contributed by atoms with van der Waals surface area (Å²) in [6.45, 7) is 0. The van der Waals surface area contributed by atoms with E-state index in [0.717, 1.165) is 4.90 Å². The highest BCUT2D eigenvalue weighted by Crippen LogP contribution is 2.05. The van der Waals surface area contributed by atoms with Crippen LogP contribution in [0.2, 0.25) is 0 Å². The quantitative estimate of drug-likeness (QED) is 0.363. The van der Waals surface area contributed by atoms with Gasteiger partial charge in [0.25, 0.3) is 5.91 Å². The lowest BCUT2D eigenvalue weighted by Gasteiger charge is -2.06. The van der Waals surface area contributed by atoms with Gasteiger partial charge in [0.1, 0.15) is 0 Å². The molecule has 0 atom stereocenters. The minimum atomic E-state index is -0.866. The number of carbonyl (C=O) groups is 1. The van der Waals surface area contributed by atoms with Crippen molar-refractivity contribution in [1.29, 1.82) is 5.26 Å². The van der Waals surface area contributed by atoms with E-state index in [1.165, 1.54) is 25.4 Å². The van der Waals surface area contributed by atoms with Crippen LogP contribution in [0.1, 0.15) is 10.4 Å². The van der Waals surface area contributed by atoms with E-state index >= 15 is 0 Å². The summed E-state index contributed by atoms with van der Waals surface area (Å²) in [5, 5.41) is 8.37. The van der Waals surface area contributed by atoms with Gasteiger partial charge >= 0.3 is 0 Å². The molecule has 1 amide bonds. The summed E-state index contributed by atoms with van der Waals surface area (Å²) in [7, 11) is 1.26. The summed E-state index contributed by atoms with van der Waals surface area (Å²) in [6, 6.07) is 2.71. The van der Waals surface area contributed by atoms with Gasteiger partial charge in [-0.05, 0) is 12.1 Å². The topological polar surface area (TPSA) is 57.0 Å². The third-order valence-electron chi connectivity index (χ3n) is 1.44. The molecule has 0 aliphatic rings. The first-order valence-corrected chi connectivity index (χ1v) is 3.45. The SMILES string of the molecule is CN(C#N)C(=O)c1cccnc1F. The number of hydrogen-bond acceptors (Lipinski definition) is 3. The van der Waals surface area contributed by atoms with Crippen LogP contribution in [0.15, 0.2) is 18.3 Å². The molecule has 0 aromatic carbocycles. The molecule has 0 aliphatic carbocycles. The molecule has 13 heavy (non-hydrogen) atoms. The van der Waals surface area contributed by atoms with E-state index in [0.29, 0.717) is 0 Å². The highest BCUT2D eigenvalue weighted by atomic mass is 19.1. The highest BCUT2D eigenvalue weighted by Gasteiger charge is 2.15. The maximum Gasteiger partial charge on any atom is 0.271 e. The van der Waals surface area contributed by atoms with Gasteiger partial charge in [-0.15, -0.1) is 0 Å². The molecule has 0 spiro atoms. The Morgan fingerprint density at radius 2 is 2.46 bits per heavy atom. The summed E-state index contributed by atoms with van der Waals surface area (Å²) in [5.41, 5.74) is -0.202. The summed E-state index contributed by atoms with van der Waals surface area (Å²) >= 11 is 0. The van der Waals surface area contributed by atoms with Gasteiger partial charge in [0.2, 0.25) is 5.95 Å². The van der Waals surface area contributed by atoms with Crippen molar-refractivity contribution < 1.29 is 9.18 Å². The number of halogens is 1. The van der Waals surface area contributed by atoms with Crippen LogP contribution in [-0.2, 0) is 0 Å². The Bertz CT molecular complexity index is 372. The number of nitrogens with zero attached hydrogens (tertiary/aromatic N) is 3. The van der Waals surface area contributed by atoms with Crippen LogP contribution < -0.4 is 0 Å². The van der Waals surface area contributed by atoms with Gasteiger partial charge < -0.3 is 0 Å². The second kappa shape index (κ2) is 3.63. The van der Waals surface area contributed by atoms with Gasteiger partial charge in [0, 0.05) is 13.2 Å². The van der Waals surface area contributed by atoms with Gasteiger partial charge in [0.05, 0.1) is 5.56 Å². The molecule has 1 heterocycles. The number of pyridine rings is 1. The van der Waals surface area contributed by atoms with Crippen LogP contribution in [0.4, 0.5) is 4.39 Å². The van der Waals surface area contributed by atoms with Crippen LogP contribution in [0.5, 0.6) is 0 Å². The fourth-order valence-corrected chi connectivity index (χ4v) is 0.772. The fraction of sp³-hybridized carbons (Fsp3) is 0.125. The second-order valence-electron chi connectivity index (χ2n) is 2.31. The Hall–Kier alpha value is -1.96. The van der Waals surface area contributed by atoms with Crippen molar-refractivity contribution in [3.63, 3.8) is 0 Å². The molecule has 0 radical (unpaired) electrons. The molecule has 0 fully saturated rings. The fourth-order valence-electron chi connectivity index (χ4n) is 0.772. The zero-order valence-electron chi connectivity index (χ0n) is 6.86. The summed E-state index contributed by atoms with van der Waals surface area (Å²) in [5.74, 6) is -1.57. The number of rotatable bonds is 1. The van der Waals surface area contributed by atoms with E-state index in [-0.39, 0.29) is 5.56 Å². The first-order valence-electron chi connectivity index (χ1n) is 3.45. The highest BCUT2D eigenvalue weighted by molar-refractivity contribution is 5.94. The summed E-state index contributed by atoms with van der Waals surface area (Å²) in [4.78, 5) is 15.2. The molecule has 0 bridgehead atoms. The zero-order valence-corrected chi connectivity index (χ0v) is 6.86. The normalized spacial score (nSPS) is 9.00. The third kappa shape index (κ3) is 1.79. The van der Waals surface area contributed by atoms with Crippen molar-refractivity contribution in [2.45, 2.75) is 0 Å². The Labute approximate surface area is 74.2 Å². The van der Waals surface area contributed by atoms with Gasteiger partial charge in [-0.3, -0.25) is 4.79 Å². The number of aromatic nitrogens is 1. The molecule has 4 nitrogen and oxygen atoms in total. The Balaban J connectivity index is 3.04. The van der Waals surface area contributed by atoms with Crippen LogP contribution in [-0.4, -0.2) is 22.8 Å². The average Bonchev–Trinajstić information content (AvgIpc) is 2.16. The molecule has 1 aromatic rings. The second-order valence-corrected chi connectivity index (χ2v) is 2.31. The first-order chi connectivity index (χ1) is 6.16. The van der Waals surface area contributed by atoms with Gasteiger partial charge in [-0.25, -0.2) is 9.88 Å². The average molecular weight is 179 g/mol. The minimum absolute atomic E-state index is 0.202. The van der Waals surface area contributed by atoms with E-state index < -0.39 is 11.9 Å². The molecule has 0 saturated carbocycles. The van der Waals surface area contributed by atoms with Crippen LogP contribution in [0.25, 0.3) is 0 Å². The summed E-state index contributed by atoms with van der Waals surface area (Å²) < 4.78 is 12.9. The van der Waals surface area contributed by atoms with Crippen LogP contribution in [0.3, 0.4) is 0 Å². The molecule has 0 aliphatic heterocycles. The number of hydrogen-bond donors (Lipinski definition) is 0. The molecule has 0 N–H and O–H groups in total. The van der Waals surface area contributed by atoms with Crippen LogP contribution in [0, 0.1) is 17.4 Å².